The highest BCUT2D eigenvalue weighted by Crippen LogP contribution is 2.26. The van der Waals surface area contributed by atoms with Gasteiger partial charge in [-0.3, -0.25) is 0 Å². The molecule has 3 aromatic rings. The summed E-state index contributed by atoms with van der Waals surface area (Å²) >= 11 is 0. The van der Waals surface area contributed by atoms with Crippen LogP contribution in [0.3, 0.4) is 0 Å². The average Bonchev–Trinajstić information content (AvgIpc) is 2.89. The lowest BCUT2D eigenvalue weighted by molar-refractivity contribution is 0.764. The number of hydrogen-bond acceptors (Lipinski definition) is 2. The first kappa shape index (κ1) is 11.9. The summed E-state index contributed by atoms with van der Waals surface area (Å²) in [5.41, 5.74) is 8.07. The molecule has 0 saturated carbocycles. The van der Waals surface area contributed by atoms with Crippen LogP contribution >= 0.6 is 0 Å². The van der Waals surface area contributed by atoms with Gasteiger partial charge in [-0.1, -0.05) is 18.2 Å². The van der Waals surface area contributed by atoms with Crippen molar-refractivity contribution in [3.8, 4) is 5.69 Å². The molecule has 0 aliphatic heterocycles. The van der Waals surface area contributed by atoms with Crippen molar-refractivity contribution in [3.05, 3.63) is 52.6 Å². The SMILES string of the molecule is Cc1c(C)c(C)c2nn(-c3ccccc3)nc2c1C. The van der Waals surface area contributed by atoms with Crippen molar-refractivity contribution in [2.75, 3.05) is 0 Å². The molecule has 0 aliphatic carbocycles. The molecule has 0 N–H and O–H groups in total. The number of nitrogens with zero attached hydrogens (tertiary/aromatic N) is 3. The fraction of sp³-hybridized carbons (Fsp3) is 0.250. The summed E-state index contributed by atoms with van der Waals surface area (Å²) in [5.74, 6) is 0. The summed E-state index contributed by atoms with van der Waals surface area (Å²) in [6, 6.07) is 10.0. The molecular formula is C16H17N3. The van der Waals surface area contributed by atoms with E-state index in [2.05, 4.69) is 37.9 Å². The first-order valence-electron chi connectivity index (χ1n) is 6.48. The van der Waals surface area contributed by atoms with Gasteiger partial charge in [0.15, 0.2) is 0 Å². The molecule has 0 spiro atoms. The predicted molar refractivity (Wildman–Crippen MR) is 77.8 cm³/mol. The lowest BCUT2D eigenvalue weighted by Gasteiger charge is -2.07. The van der Waals surface area contributed by atoms with Gasteiger partial charge in [0.05, 0.1) is 5.69 Å². The molecule has 3 rings (SSSR count). The second kappa shape index (κ2) is 4.19. The summed E-state index contributed by atoms with van der Waals surface area (Å²) in [7, 11) is 0. The Bertz CT molecular complexity index is 710. The number of fused-ring (bicyclic) bond motifs is 1. The Balaban J connectivity index is 2.33. The standard InChI is InChI=1S/C16H17N3/c1-10-11(2)13(4)16-15(12(10)3)17-19(18-16)14-8-6-5-7-9-14/h5-9H,1-4H3. The van der Waals surface area contributed by atoms with Gasteiger partial charge in [0.25, 0.3) is 0 Å². The zero-order valence-corrected chi connectivity index (χ0v) is 11.7. The maximum Gasteiger partial charge on any atom is 0.117 e. The lowest BCUT2D eigenvalue weighted by atomic mass is 9.98. The topological polar surface area (TPSA) is 30.7 Å². The van der Waals surface area contributed by atoms with Gasteiger partial charge in [-0.05, 0) is 62.1 Å². The molecule has 96 valence electrons. The Hall–Kier alpha value is -2.16. The van der Waals surface area contributed by atoms with Crippen molar-refractivity contribution in [1.82, 2.24) is 15.0 Å². The zero-order valence-electron chi connectivity index (χ0n) is 11.7. The van der Waals surface area contributed by atoms with Crippen LogP contribution in [0.5, 0.6) is 0 Å². The van der Waals surface area contributed by atoms with Crippen LogP contribution in [0.4, 0.5) is 0 Å². The lowest BCUT2D eigenvalue weighted by Crippen LogP contribution is -1.97. The minimum Gasteiger partial charge on any atom is -0.150 e. The first-order chi connectivity index (χ1) is 9.09. The Morgan fingerprint density at radius 1 is 0.684 bits per heavy atom. The van der Waals surface area contributed by atoms with E-state index in [9.17, 15) is 0 Å². The monoisotopic (exact) mass is 251 g/mol. The quantitative estimate of drug-likeness (QED) is 0.661. The number of rotatable bonds is 1. The Morgan fingerprint density at radius 3 is 1.63 bits per heavy atom. The van der Waals surface area contributed by atoms with Crippen LogP contribution < -0.4 is 0 Å². The van der Waals surface area contributed by atoms with Gasteiger partial charge in [-0.25, -0.2) is 0 Å². The van der Waals surface area contributed by atoms with Crippen molar-refractivity contribution in [3.63, 3.8) is 0 Å². The molecule has 0 unspecified atom stereocenters. The van der Waals surface area contributed by atoms with Crippen LogP contribution in [-0.2, 0) is 0 Å². The third-order valence-electron chi connectivity index (χ3n) is 4.00. The molecule has 1 aromatic heterocycles. The first-order valence-corrected chi connectivity index (χ1v) is 6.48. The van der Waals surface area contributed by atoms with Gasteiger partial charge in [-0.15, -0.1) is 10.2 Å². The van der Waals surface area contributed by atoms with Gasteiger partial charge in [0, 0.05) is 0 Å². The Kier molecular flexibility index (Phi) is 2.63. The summed E-state index contributed by atoms with van der Waals surface area (Å²) in [6.07, 6.45) is 0. The molecule has 19 heavy (non-hydrogen) atoms. The average molecular weight is 251 g/mol. The summed E-state index contributed by atoms with van der Waals surface area (Å²) in [4.78, 5) is 1.73. The fourth-order valence-electron chi connectivity index (χ4n) is 2.41. The molecule has 0 fully saturated rings. The van der Waals surface area contributed by atoms with E-state index in [0.29, 0.717) is 0 Å². The van der Waals surface area contributed by atoms with Crippen molar-refractivity contribution < 1.29 is 0 Å². The number of aromatic nitrogens is 3. The normalized spacial score (nSPS) is 11.2. The highest BCUT2D eigenvalue weighted by molar-refractivity contribution is 5.83. The van der Waals surface area contributed by atoms with Gasteiger partial charge < -0.3 is 0 Å². The van der Waals surface area contributed by atoms with Gasteiger partial charge in [0.2, 0.25) is 0 Å². The minimum atomic E-state index is 0.993. The molecule has 1 heterocycles. The van der Waals surface area contributed by atoms with Gasteiger partial charge in [0.1, 0.15) is 11.0 Å². The van der Waals surface area contributed by atoms with Gasteiger partial charge in [-0.2, -0.15) is 4.80 Å². The predicted octanol–water partition coefficient (Wildman–Crippen LogP) is 3.65. The molecule has 0 radical (unpaired) electrons. The molecule has 3 heteroatoms. The fourth-order valence-corrected chi connectivity index (χ4v) is 2.41. The second-order valence-electron chi connectivity index (χ2n) is 5.02. The van der Waals surface area contributed by atoms with E-state index in [-0.39, 0.29) is 0 Å². The molecule has 0 saturated heterocycles. The number of aryl methyl sites for hydroxylation is 2. The number of benzene rings is 2. The van der Waals surface area contributed by atoms with Crippen LogP contribution in [0.2, 0.25) is 0 Å². The van der Waals surface area contributed by atoms with E-state index in [1.165, 1.54) is 22.3 Å². The second-order valence-corrected chi connectivity index (χ2v) is 5.02. The van der Waals surface area contributed by atoms with Crippen molar-refractivity contribution >= 4 is 11.0 Å². The van der Waals surface area contributed by atoms with E-state index >= 15 is 0 Å². The van der Waals surface area contributed by atoms with E-state index in [1.807, 2.05) is 30.3 Å². The minimum absolute atomic E-state index is 0.993. The largest absolute Gasteiger partial charge is 0.150 e. The number of hydrogen-bond donors (Lipinski definition) is 0. The van der Waals surface area contributed by atoms with E-state index in [0.717, 1.165) is 16.7 Å². The van der Waals surface area contributed by atoms with Gasteiger partial charge >= 0.3 is 0 Å². The molecule has 3 nitrogen and oxygen atoms in total. The molecule has 2 aromatic carbocycles. The molecule has 0 atom stereocenters. The van der Waals surface area contributed by atoms with Crippen molar-refractivity contribution in [1.29, 1.82) is 0 Å². The molecule has 0 amide bonds. The maximum atomic E-state index is 4.65. The summed E-state index contributed by atoms with van der Waals surface area (Å²) < 4.78 is 0. The zero-order chi connectivity index (χ0) is 13.6. The van der Waals surface area contributed by atoms with Crippen molar-refractivity contribution in [2.24, 2.45) is 0 Å². The maximum absolute atomic E-state index is 4.65. The molecule has 0 bridgehead atoms. The Labute approximate surface area is 112 Å². The Morgan fingerprint density at radius 2 is 1.16 bits per heavy atom. The van der Waals surface area contributed by atoms with E-state index in [4.69, 9.17) is 0 Å². The van der Waals surface area contributed by atoms with Crippen LogP contribution in [0.1, 0.15) is 22.3 Å². The highest BCUT2D eigenvalue weighted by Gasteiger charge is 2.14. The summed E-state index contributed by atoms with van der Waals surface area (Å²) in [5, 5.41) is 9.30. The van der Waals surface area contributed by atoms with E-state index < -0.39 is 0 Å². The summed E-state index contributed by atoms with van der Waals surface area (Å²) in [6.45, 7) is 8.54. The molecular weight excluding hydrogens is 234 g/mol. The van der Waals surface area contributed by atoms with Crippen LogP contribution in [-0.4, -0.2) is 15.0 Å². The van der Waals surface area contributed by atoms with E-state index in [1.54, 1.807) is 4.80 Å². The third-order valence-corrected chi connectivity index (χ3v) is 4.00. The van der Waals surface area contributed by atoms with Crippen LogP contribution in [0.15, 0.2) is 30.3 Å². The third kappa shape index (κ3) is 1.73. The molecule has 0 aliphatic rings. The number of para-hydroxylation sites is 1. The van der Waals surface area contributed by atoms with Crippen LogP contribution in [0, 0.1) is 27.7 Å². The van der Waals surface area contributed by atoms with Crippen LogP contribution in [0.25, 0.3) is 16.7 Å². The smallest absolute Gasteiger partial charge is 0.117 e. The highest BCUT2D eigenvalue weighted by atomic mass is 15.5. The van der Waals surface area contributed by atoms with Crippen molar-refractivity contribution in [2.45, 2.75) is 27.7 Å².